The lowest BCUT2D eigenvalue weighted by Crippen LogP contribution is -2.62. The van der Waals surface area contributed by atoms with Crippen molar-refractivity contribution in [3.05, 3.63) is 94.6 Å². The summed E-state index contributed by atoms with van der Waals surface area (Å²) in [7, 11) is 0. The molecule has 1 saturated heterocycles. The molecule has 26 N–H and O–H groups in total. The lowest BCUT2D eigenvalue weighted by molar-refractivity contribution is -0.156. The van der Waals surface area contributed by atoms with Crippen LogP contribution >= 0.6 is 11.6 Å². The standard InChI is InChI=1S/C79H105ClN18O27/c1-5-6-7-8-9-10-11-22-59(102)90-50(27-41-34-85-48-20-15-13-17-43(41)48)73(118)93-51(30-58(83)101)74(119)95-54(33-65(111)112)75(120)98-67-40(4)125-79(124)55(29-57(100)44-18-12-14-19-46(44)81)96-78(123)66(38(2)26-62(105)106)97-76(121)56(37-99)91-61(104)35-86-70(115)52(31-63(107)108)92-68(113)39(3)88-72(117)53(32-64(109)110)94-71(116)49(89-60(103)36-87-77(67)122)21-16-25-84-69(114)45-28-42(80)23-24-47(45)82/h12-15,17-20,23-24,28,34,38-40,49-56,66-67,85,99H,5-11,16,21-22,25-27,29-33,35-37,81-82H2,1-4H3,(H2,83,101)(H,84,114)(H,86,115)(H,87,122)(H,88,117)(H,89,103)(H,90,102)(H,91,104)(H,92,113)(H,93,118)(H,94,116)(H,95,119)(H,96,123)(H,97,121)(H,98,120)(H,105,106)(H,107,108)(H,109,110)(H,111,112)/t38-,39-,40?,49+,50+,51+,52+,53?,54+,55+,56-,66?,67?/m1/s1. The predicted molar refractivity (Wildman–Crippen MR) is 439 cm³/mol. The van der Waals surface area contributed by atoms with Crippen molar-refractivity contribution in [3.8, 4) is 0 Å². The van der Waals surface area contributed by atoms with Gasteiger partial charge >= 0.3 is 29.8 Å². The average molecular weight is 1770 g/mol. The van der Waals surface area contributed by atoms with Crippen LogP contribution in [0.15, 0.2) is 72.9 Å². The maximum Gasteiger partial charge on any atom is 0.329 e. The zero-order chi connectivity index (χ0) is 92.9. The van der Waals surface area contributed by atoms with E-state index < -0.39 is 267 Å². The number of primary amides is 1. The van der Waals surface area contributed by atoms with Crippen molar-refractivity contribution >= 4 is 158 Å². The molecule has 1 aliphatic rings. The summed E-state index contributed by atoms with van der Waals surface area (Å²) in [4.78, 5) is 292. The van der Waals surface area contributed by atoms with E-state index in [4.69, 9.17) is 33.5 Å². The third-order valence-corrected chi connectivity index (χ3v) is 19.6. The van der Waals surface area contributed by atoms with E-state index in [-0.39, 0.29) is 53.3 Å². The van der Waals surface area contributed by atoms with Gasteiger partial charge in [-0.1, -0.05) is 94.3 Å². The summed E-state index contributed by atoms with van der Waals surface area (Å²) in [6.07, 6.45) is -3.09. The highest BCUT2D eigenvalue weighted by Gasteiger charge is 2.41. The Hall–Kier alpha value is -13.9. The molecule has 5 rings (SSSR count). The second-order valence-electron chi connectivity index (χ2n) is 29.4. The lowest BCUT2D eigenvalue weighted by atomic mass is 9.96. The second-order valence-corrected chi connectivity index (χ2v) is 29.9. The molecule has 0 spiro atoms. The molecule has 0 saturated carbocycles. The number of Topliss-reactive ketones (excluding diaryl/α,β-unsaturated/α-hetero) is 1. The van der Waals surface area contributed by atoms with Crippen LogP contribution in [0, 0.1) is 5.92 Å². The number of para-hydroxylation sites is 2. The number of amides is 15. The number of carboxylic acids is 4. The Kier molecular flexibility index (Phi) is 41.1. The quantitative estimate of drug-likeness (QED) is 0.00888. The third-order valence-electron chi connectivity index (χ3n) is 19.4. The van der Waals surface area contributed by atoms with Gasteiger partial charge in [-0.25, -0.2) is 4.79 Å². The van der Waals surface area contributed by atoms with Crippen molar-refractivity contribution in [2.75, 3.05) is 37.7 Å². The first-order valence-corrected chi connectivity index (χ1v) is 40.1. The number of cyclic esters (lactones) is 1. The number of nitrogen functional groups attached to an aromatic ring is 2. The number of benzene rings is 3. The van der Waals surface area contributed by atoms with Gasteiger partial charge in [-0.05, 0) is 81.0 Å². The number of rotatable bonds is 37. The van der Waals surface area contributed by atoms with E-state index >= 15 is 0 Å². The number of nitrogens with two attached hydrogens (primary N) is 3. The van der Waals surface area contributed by atoms with E-state index in [0.29, 0.717) is 29.3 Å². The molecule has 680 valence electrons. The van der Waals surface area contributed by atoms with Gasteiger partial charge in [0.15, 0.2) is 5.78 Å². The van der Waals surface area contributed by atoms with Crippen molar-refractivity contribution in [2.45, 2.75) is 209 Å². The molecule has 125 heavy (non-hydrogen) atoms. The highest BCUT2D eigenvalue weighted by atomic mass is 35.5. The molecule has 2 heterocycles. The predicted octanol–water partition coefficient (Wildman–Crippen LogP) is -3.91. The minimum Gasteiger partial charge on any atom is -0.481 e. The topological polar surface area (TPSA) is 731 Å². The summed E-state index contributed by atoms with van der Waals surface area (Å²) < 4.78 is 5.72. The van der Waals surface area contributed by atoms with E-state index in [1.165, 1.54) is 42.5 Å². The number of halogens is 1. The maximum atomic E-state index is 15.0. The fraction of sp³-hybridized carbons (Fsp3) is 0.481. The van der Waals surface area contributed by atoms with Gasteiger partial charge in [0, 0.05) is 64.9 Å². The number of ketones is 1. The Morgan fingerprint density at radius 2 is 1.10 bits per heavy atom. The van der Waals surface area contributed by atoms with Crippen LogP contribution in [0.3, 0.4) is 0 Å². The average Bonchev–Trinajstić information content (AvgIpc) is 1.76. The largest absolute Gasteiger partial charge is 0.481 e. The van der Waals surface area contributed by atoms with E-state index in [2.05, 4.69) is 70.4 Å². The molecule has 45 nitrogen and oxygen atoms in total. The number of carbonyl (C=O) groups is 21. The number of aliphatic carboxylic acids is 4. The number of unbranched alkanes of at least 4 members (excludes halogenated alkanes) is 6. The summed E-state index contributed by atoms with van der Waals surface area (Å²) >= 11 is 6.09. The van der Waals surface area contributed by atoms with Crippen LogP contribution in [0.5, 0.6) is 0 Å². The molecule has 3 aromatic carbocycles. The zero-order valence-corrected chi connectivity index (χ0v) is 69.4. The second kappa shape index (κ2) is 50.5. The lowest BCUT2D eigenvalue weighted by Gasteiger charge is -2.30. The monoisotopic (exact) mass is 1770 g/mol. The summed E-state index contributed by atoms with van der Waals surface area (Å²) in [5.41, 5.74) is 18.2. The summed E-state index contributed by atoms with van der Waals surface area (Å²) in [6.45, 7) is 0.752. The number of carbonyl (C=O) groups excluding carboxylic acids is 17. The van der Waals surface area contributed by atoms with Gasteiger partial charge in [0.05, 0.1) is 57.4 Å². The normalized spacial score (nSPS) is 20.4. The highest BCUT2D eigenvalue weighted by Crippen LogP contribution is 2.23. The van der Waals surface area contributed by atoms with Crippen LogP contribution in [0.2, 0.25) is 5.02 Å². The number of aliphatic hydroxyl groups excluding tert-OH is 1. The number of aromatic nitrogens is 1. The van der Waals surface area contributed by atoms with E-state index in [1.807, 2.05) is 16.0 Å². The molecular formula is C79H105ClN18O27. The molecule has 15 amide bonds. The number of ether oxygens (including phenoxy) is 1. The molecule has 0 aliphatic carbocycles. The molecule has 46 heteroatoms. The Bertz CT molecular complexity index is 4640. The number of aliphatic hydroxyl groups is 1. The van der Waals surface area contributed by atoms with E-state index in [9.17, 15) is 126 Å². The fourth-order valence-electron chi connectivity index (χ4n) is 12.7. The fourth-order valence-corrected chi connectivity index (χ4v) is 12.9. The van der Waals surface area contributed by atoms with Crippen molar-refractivity contribution in [3.63, 3.8) is 0 Å². The van der Waals surface area contributed by atoms with Gasteiger partial charge in [-0.2, -0.15) is 0 Å². The van der Waals surface area contributed by atoms with Crippen LogP contribution in [0.25, 0.3) is 10.9 Å². The van der Waals surface area contributed by atoms with Crippen molar-refractivity contribution < 1.29 is 131 Å². The van der Waals surface area contributed by atoms with Crippen LogP contribution in [0.4, 0.5) is 11.4 Å². The van der Waals surface area contributed by atoms with Crippen molar-refractivity contribution in [1.29, 1.82) is 0 Å². The molecule has 4 unspecified atom stereocenters. The SMILES string of the molecule is CCCCCCCCCC(=O)N[C@@H](Cc1c[nH]c2ccccc12)C(=O)N[C@@H](CC(N)=O)C(=O)N[C@@H](CC(=O)O)C(=O)NC1C(=O)NCC(=O)N[C@@H](CCCNC(=O)c2cc(Cl)ccc2N)C(=O)NC(CC(=O)O)C(=O)N[C@H](C)C(=O)N[C@@H](CC(=O)O)C(=O)NCC(=O)N[C@H](CO)C(=O)NC([C@H](C)CC(=O)O)C(=O)N[C@@H](CC(=O)c2ccccc2N)C(=O)OC1C. The molecule has 1 fully saturated rings. The van der Waals surface area contributed by atoms with E-state index in [1.54, 1.807) is 30.5 Å². The Balaban J connectivity index is 1.64. The molecule has 0 radical (unpaired) electrons. The number of fused-ring (bicyclic) bond motifs is 1. The maximum absolute atomic E-state index is 15.0. The number of carboxylic acid groups (broad SMARTS) is 4. The van der Waals surface area contributed by atoms with Gasteiger partial charge in [-0.15, -0.1) is 0 Å². The van der Waals surface area contributed by atoms with Crippen molar-refractivity contribution in [2.24, 2.45) is 11.7 Å². The number of anilines is 2. The molecule has 1 aromatic heterocycles. The summed E-state index contributed by atoms with van der Waals surface area (Å²) in [6, 6.07) is -7.29. The van der Waals surface area contributed by atoms with Crippen LogP contribution < -0.4 is 91.6 Å². The number of esters is 1. The Labute approximate surface area is 718 Å². The zero-order valence-electron chi connectivity index (χ0n) is 68.6. The first-order chi connectivity index (χ1) is 59.1. The molecule has 0 bridgehead atoms. The smallest absolute Gasteiger partial charge is 0.329 e. The van der Waals surface area contributed by atoms with Gasteiger partial charge in [0.2, 0.25) is 82.7 Å². The number of hydrogen-bond donors (Lipinski definition) is 23. The molecular weight excluding hydrogens is 1670 g/mol. The Morgan fingerprint density at radius 1 is 0.544 bits per heavy atom. The summed E-state index contributed by atoms with van der Waals surface area (Å²) in [5, 5.41) is 81.7. The minimum absolute atomic E-state index is 0.0240. The van der Waals surface area contributed by atoms with Crippen LogP contribution in [0.1, 0.15) is 157 Å². The van der Waals surface area contributed by atoms with E-state index in [0.717, 1.165) is 52.9 Å². The first-order valence-electron chi connectivity index (χ1n) is 39.7. The number of aromatic amines is 1. The van der Waals surface area contributed by atoms with Gasteiger partial charge in [0.1, 0.15) is 72.6 Å². The van der Waals surface area contributed by atoms with Crippen LogP contribution in [-0.4, -0.2) is 254 Å². The number of nitrogens with one attached hydrogen (secondary N) is 15. The Morgan fingerprint density at radius 3 is 1.72 bits per heavy atom. The van der Waals surface area contributed by atoms with Crippen LogP contribution in [-0.2, 0) is 102 Å². The first kappa shape index (κ1) is 102. The minimum atomic E-state index is -2.51. The number of H-pyrrole nitrogens is 1. The van der Waals surface area contributed by atoms with Gasteiger partial charge in [0.25, 0.3) is 5.91 Å². The van der Waals surface area contributed by atoms with Crippen molar-refractivity contribution in [1.82, 2.24) is 79.4 Å². The highest BCUT2D eigenvalue weighted by molar-refractivity contribution is 6.31. The molecule has 1 aliphatic heterocycles. The molecule has 13 atom stereocenters. The molecule has 4 aromatic rings. The van der Waals surface area contributed by atoms with Gasteiger partial charge in [-0.3, -0.25) is 95.9 Å². The summed E-state index contributed by atoms with van der Waals surface area (Å²) in [5.74, 6) is -31.2. The number of hydrogen-bond acceptors (Lipinski definition) is 25. The van der Waals surface area contributed by atoms with Gasteiger partial charge < -0.3 is 127 Å². The third kappa shape index (κ3) is 34.2.